The zero-order valence-corrected chi connectivity index (χ0v) is 18.8. The summed E-state index contributed by atoms with van der Waals surface area (Å²) in [6.07, 6.45) is 2.03. The largest absolute Gasteiger partial charge is 0.357 e. The molecular formula is C21H33N5O2S. The lowest BCUT2D eigenvalue weighted by Crippen LogP contribution is -2.38. The summed E-state index contributed by atoms with van der Waals surface area (Å²) in [7, 11) is 0.736. The Morgan fingerprint density at radius 3 is 2.38 bits per heavy atom. The number of hydrogen-bond acceptors (Lipinski definition) is 3. The molecule has 160 valence electrons. The highest BCUT2D eigenvalue weighted by Gasteiger charge is 2.13. The highest BCUT2D eigenvalue weighted by atomic mass is 32.2. The fourth-order valence-corrected chi connectivity index (χ4v) is 4.41. The molecular weight excluding hydrogens is 386 g/mol. The quantitative estimate of drug-likeness (QED) is 0.483. The summed E-state index contributed by atoms with van der Waals surface area (Å²) in [6.45, 7) is 7.75. The van der Waals surface area contributed by atoms with Crippen molar-refractivity contribution in [2.45, 2.75) is 45.7 Å². The molecule has 0 aliphatic heterocycles. The summed E-state index contributed by atoms with van der Waals surface area (Å²) in [5, 5.41) is 3.32. The molecule has 0 atom stereocenters. The van der Waals surface area contributed by atoms with Crippen LogP contribution in [0.3, 0.4) is 0 Å². The topological polar surface area (TPSA) is 78.7 Å². The second-order valence-electron chi connectivity index (χ2n) is 7.48. The van der Waals surface area contributed by atoms with Crippen LogP contribution in [0.4, 0.5) is 0 Å². The number of guanidine groups is 1. The van der Waals surface area contributed by atoms with Crippen molar-refractivity contribution in [3.05, 3.63) is 59.4 Å². The van der Waals surface area contributed by atoms with Gasteiger partial charge in [-0.3, -0.25) is 0 Å². The maximum atomic E-state index is 12.1. The molecule has 1 aromatic carbocycles. The molecule has 0 saturated heterocycles. The van der Waals surface area contributed by atoms with Crippen LogP contribution in [0.5, 0.6) is 0 Å². The van der Waals surface area contributed by atoms with Gasteiger partial charge in [0.2, 0.25) is 10.0 Å². The van der Waals surface area contributed by atoms with Crippen LogP contribution in [0.2, 0.25) is 0 Å². The van der Waals surface area contributed by atoms with Gasteiger partial charge in [0.1, 0.15) is 0 Å². The van der Waals surface area contributed by atoms with Crippen LogP contribution in [-0.4, -0.2) is 43.5 Å². The summed E-state index contributed by atoms with van der Waals surface area (Å²) in [4.78, 5) is 6.82. The van der Waals surface area contributed by atoms with Gasteiger partial charge in [0.15, 0.2) is 5.96 Å². The van der Waals surface area contributed by atoms with Crippen molar-refractivity contribution in [3.8, 4) is 0 Å². The smallest absolute Gasteiger partial charge is 0.216 e. The third kappa shape index (κ3) is 7.55. The minimum atomic E-state index is -3.32. The molecule has 2 rings (SSSR count). The molecule has 0 spiro atoms. The number of hydrogen-bond donors (Lipinski definition) is 2. The number of benzene rings is 1. The number of nitrogens with one attached hydrogen (secondary N) is 2. The number of aromatic nitrogens is 1. The molecule has 0 aliphatic rings. The molecule has 0 fully saturated rings. The molecule has 0 amide bonds. The zero-order valence-electron chi connectivity index (χ0n) is 18.0. The van der Waals surface area contributed by atoms with E-state index < -0.39 is 10.0 Å². The van der Waals surface area contributed by atoms with Crippen LogP contribution in [-0.2, 0) is 35.9 Å². The highest BCUT2D eigenvalue weighted by Crippen LogP contribution is 2.10. The summed E-state index contributed by atoms with van der Waals surface area (Å²) < 4.78 is 28.8. The Hall–Kier alpha value is -2.32. The first-order chi connectivity index (χ1) is 13.7. The van der Waals surface area contributed by atoms with Gasteiger partial charge < -0.3 is 14.8 Å². The van der Waals surface area contributed by atoms with Gasteiger partial charge in [-0.15, -0.1) is 0 Å². The van der Waals surface area contributed by atoms with Crippen molar-refractivity contribution in [1.82, 2.24) is 19.5 Å². The van der Waals surface area contributed by atoms with Crippen LogP contribution in [0.1, 0.15) is 37.6 Å². The summed E-state index contributed by atoms with van der Waals surface area (Å²) in [5.41, 5.74) is 3.00. The number of nitrogens with zero attached hydrogens (tertiary/aromatic N) is 3. The van der Waals surface area contributed by atoms with E-state index in [0.29, 0.717) is 6.54 Å². The van der Waals surface area contributed by atoms with Crippen molar-refractivity contribution >= 4 is 16.0 Å². The Labute approximate surface area is 174 Å². The third-order valence-corrected chi connectivity index (χ3v) is 5.90. The van der Waals surface area contributed by atoms with Crippen LogP contribution in [0.25, 0.3) is 0 Å². The lowest BCUT2D eigenvalue weighted by atomic mass is 10.1. The van der Waals surface area contributed by atoms with Crippen molar-refractivity contribution in [3.63, 3.8) is 0 Å². The molecule has 29 heavy (non-hydrogen) atoms. The Balaban J connectivity index is 2.02. The third-order valence-electron chi connectivity index (χ3n) is 4.35. The monoisotopic (exact) mass is 419 g/mol. The van der Waals surface area contributed by atoms with Crippen molar-refractivity contribution in [2.24, 2.45) is 12.0 Å². The second-order valence-corrected chi connectivity index (χ2v) is 9.24. The molecule has 0 radical (unpaired) electrons. The Morgan fingerprint density at radius 1 is 1.17 bits per heavy atom. The average Bonchev–Trinajstić information content (AvgIpc) is 3.03. The number of aryl methyl sites for hydroxylation is 1. The standard InChI is InChI=1S/C21H33N5O2S/c1-6-22-21(26(5)15-20-8-7-13-25(20)4)23-14-18-9-11-19(12-10-18)16-29(27,28)24-17(2)3/h7-13,17,24H,6,14-16H2,1-5H3,(H,22,23). The van der Waals surface area contributed by atoms with Gasteiger partial charge in [0, 0.05) is 38.6 Å². The van der Waals surface area contributed by atoms with Gasteiger partial charge in [-0.2, -0.15) is 0 Å². The van der Waals surface area contributed by atoms with Crippen LogP contribution in [0, 0.1) is 0 Å². The molecule has 8 heteroatoms. The predicted octanol–water partition coefficient (Wildman–Crippen LogP) is 2.45. The number of sulfonamides is 1. The lowest BCUT2D eigenvalue weighted by Gasteiger charge is -2.22. The molecule has 1 heterocycles. The second kappa shape index (κ2) is 10.5. The maximum Gasteiger partial charge on any atom is 0.216 e. The predicted molar refractivity (Wildman–Crippen MR) is 119 cm³/mol. The number of aliphatic imine (C=N–C) groups is 1. The van der Waals surface area contributed by atoms with Crippen LogP contribution in [0.15, 0.2) is 47.6 Å². The van der Waals surface area contributed by atoms with E-state index in [0.717, 1.165) is 30.2 Å². The molecule has 0 aliphatic carbocycles. The van der Waals surface area contributed by atoms with E-state index in [4.69, 9.17) is 4.99 Å². The fourth-order valence-electron chi connectivity index (χ4n) is 2.98. The van der Waals surface area contributed by atoms with Crippen molar-refractivity contribution in [2.75, 3.05) is 13.6 Å². The summed E-state index contributed by atoms with van der Waals surface area (Å²) in [5.74, 6) is 0.818. The highest BCUT2D eigenvalue weighted by molar-refractivity contribution is 7.88. The zero-order chi connectivity index (χ0) is 21.4. The summed E-state index contributed by atoms with van der Waals surface area (Å²) >= 11 is 0. The first kappa shape index (κ1) is 23.0. The number of rotatable bonds is 9. The van der Waals surface area contributed by atoms with Gasteiger partial charge in [-0.1, -0.05) is 24.3 Å². The average molecular weight is 420 g/mol. The SMILES string of the molecule is CCNC(=NCc1ccc(CS(=O)(=O)NC(C)C)cc1)N(C)Cc1cccn1C. The normalized spacial score (nSPS) is 12.4. The Bertz CT molecular complexity index is 901. The molecule has 2 N–H and O–H groups in total. The molecule has 7 nitrogen and oxygen atoms in total. The van der Waals surface area contributed by atoms with Gasteiger partial charge in [0.05, 0.1) is 18.8 Å². The maximum absolute atomic E-state index is 12.1. The van der Waals surface area contributed by atoms with Gasteiger partial charge in [0.25, 0.3) is 0 Å². The lowest BCUT2D eigenvalue weighted by molar-refractivity contribution is 0.462. The Kier molecular flexibility index (Phi) is 8.28. The van der Waals surface area contributed by atoms with Crippen molar-refractivity contribution < 1.29 is 8.42 Å². The van der Waals surface area contributed by atoms with Crippen molar-refractivity contribution in [1.29, 1.82) is 0 Å². The van der Waals surface area contributed by atoms with Crippen LogP contribution >= 0.6 is 0 Å². The minimum absolute atomic E-state index is 0.0171. The van der Waals surface area contributed by atoms with E-state index in [9.17, 15) is 8.42 Å². The van der Waals surface area contributed by atoms with E-state index in [1.807, 2.05) is 71.4 Å². The van der Waals surface area contributed by atoms with E-state index in [2.05, 4.69) is 25.6 Å². The van der Waals surface area contributed by atoms with Gasteiger partial charge in [-0.05, 0) is 44.0 Å². The molecule has 0 saturated carbocycles. The molecule has 2 aromatic rings. The van der Waals surface area contributed by atoms with Crippen LogP contribution < -0.4 is 10.0 Å². The molecule has 1 aromatic heterocycles. The first-order valence-electron chi connectivity index (χ1n) is 9.87. The molecule has 0 bridgehead atoms. The van der Waals surface area contributed by atoms with E-state index in [1.165, 1.54) is 5.69 Å². The fraction of sp³-hybridized carbons (Fsp3) is 0.476. The van der Waals surface area contributed by atoms with E-state index >= 15 is 0 Å². The summed E-state index contributed by atoms with van der Waals surface area (Å²) in [6, 6.07) is 11.6. The minimum Gasteiger partial charge on any atom is -0.357 e. The van der Waals surface area contributed by atoms with Gasteiger partial charge in [-0.25, -0.2) is 18.1 Å². The van der Waals surface area contributed by atoms with Gasteiger partial charge >= 0.3 is 0 Å². The van der Waals surface area contributed by atoms with E-state index in [1.54, 1.807) is 0 Å². The Morgan fingerprint density at radius 2 is 1.83 bits per heavy atom. The van der Waals surface area contributed by atoms with E-state index in [-0.39, 0.29) is 11.8 Å². The molecule has 0 unspecified atom stereocenters. The first-order valence-corrected chi connectivity index (χ1v) is 11.5.